The van der Waals surface area contributed by atoms with E-state index in [-0.39, 0.29) is 0 Å². The third kappa shape index (κ3) is 2.30. The van der Waals surface area contributed by atoms with E-state index in [9.17, 15) is 0 Å². The minimum atomic E-state index is 0.378. The van der Waals surface area contributed by atoms with Crippen LogP contribution in [0.2, 0.25) is 0 Å². The van der Waals surface area contributed by atoms with E-state index in [0.29, 0.717) is 17.4 Å². The van der Waals surface area contributed by atoms with Gasteiger partial charge in [0.2, 0.25) is 0 Å². The molecule has 0 fully saturated rings. The van der Waals surface area contributed by atoms with Gasteiger partial charge in [0.15, 0.2) is 5.82 Å². The first-order valence-corrected chi connectivity index (χ1v) is 5.96. The summed E-state index contributed by atoms with van der Waals surface area (Å²) in [5, 5.41) is 3.13. The van der Waals surface area contributed by atoms with E-state index in [1.807, 2.05) is 14.0 Å². The lowest BCUT2D eigenvalue weighted by Gasteiger charge is -2.15. The monoisotopic (exact) mass is 243 g/mol. The number of anilines is 1. The van der Waals surface area contributed by atoms with Crippen molar-refractivity contribution < 1.29 is 0 Å². The quantitative estimate of drug-likeness (QED) is 0.896. The fourth-order valence-electron chi connectivity index (χ4n) is 1.99. The smallest absolute Gasteiger partial charge is 0.182 e. The van der Waals surface area contributed by atoms with Gasteiger partial charge in [-0.05, 0) is 12.8 Å². The largest absolute Gasteiger partial charge is 0.373 e. The summed E-state index contributed by atoms with van der Waals surface area (Å²) < 4.78 is 0. The third-order valence-electron chi connectivity index (χ3n) is 2.74. The Kier molecular flexibility index (Phi) is 3.50. The Hall–Kier alpha value is -2.04. The van der Waals surface area contributed by atoms with Crippen LogP contribution in [0.5, 0.6) is 0 Å². The van der Waals surface area contributed by atoms with Crippen molar-refractivity contribution in [2.24, 2.45) is 0 Å². The Morgan fingerprint density at radius 3 is 2.50 bits per heavy atom. The highest BCUT2D eigenvalue weighted by Crippen LogP contribution is 2.26. The predicted molar refractivity (Wildman–Crippen MR) is 71.4 cm³/mol. The fourth-order valence-corrected chi connectivity index (χ4v) is 1.99. The molecule has 0 amide bonds. The predicted octanol–water partition coefficient (Wildman–Crippen LogP) is 2.41. The Labute approximate surface area is 107 Å². The summed E-state index contributed by atoms with van der Waals surface area (Å²) in [6, 6.07) is 0. The summed E-state index contributed by atoms with van der Waals surface area (Å²) in [4.78, 5) is 17.3. The molecule has 5 heteroatoms. The van der Waals surface area contributed by atoms with E-state index in [0.717, 1.165) is 17.1 Å². The van der Waals surface area contributed by atoms with Crippen LogP contribution in [0.4, 0.5) is 5.82 Å². The maximum Gasteiger partial charge on any atom is 0.182 e. The van der Waals surface area contributed by atoms with E-state index >= 15 is 0 Å². The SMILES string of the molecule is CNc1nc(-c2cnccn2)nc(C)c1C(C)C. The summed E-state index contributed by atoms with van der Waals surface area (Å²) in [7, 11) is 1.87. The standard InChI is InChI=1S/C13H17N5/c1-8(2)11-9(3)17-12(18-13(11)14-4)10-7-15-5-6-16-10/h5-8H,1-4H3,(H,14,17,18). The van der Waals surface area contributed by atoms with Crippen LogP contribution in [0.3, 0.4) is 0 Å². The van der Waals surface area contributed by atoms with Crippen LogP contribution in [0, 0.1) is 6.92 Å². The van der Waals surface area contributed by atoms with Crippen LogP contribution in [-0.4, -0.2) is 27.0 Å². The molecule has 1 N–H and O–H groups in total. The molecule has 94 valence electrons. The minimum absolute atomic E-state index is 0.378. The zero-order chi connectivity index (χ0) is 13.1. The second-order valence-corrected chi connectivity index (χ2v) is 4.39. The van der Waals surface area contributed by atoms with Crippen molar-refractivity contribution in [3.05, 3.63) is 29.8 Å². The van der Waals surface area contributed by atoms with Crippen molar-refractivity contribution in [1.29, 1.82) is 0 Å². The number of hydrogen-bond acceptors (Lipinski definition) is 5. The van der Waals surface area contributed by atoms with Gasteiger partial charge in [-0.1, -0.05) is 13.8 Å². The first kappa shape index (κ1) is 12.4. The molecular weight excluding hydrogens is 226 g/mol. The van der Waals surface area contributed by atoms with Gasteiger partial charge >= 0.3 is 0 Å². The average molecular weight is 243 g/mol. The van der Waals surface area contributed by atoms with Crippen LogP contribution in [0.15, 0.2) is 18.6 Å². The lowest BCUT2D eigenvalue weighted by atomic mass is 10.0. The molecule has 0 aliphatic rings. The van der Waals surface area contributed by atoms with Crippen LogP contribution in [0.25, 0.3) is 11.5 Å². The Balaban J connectivity index is 2.56. The molecule has 2 heterocycles. The van der Waals surface area contributed by atoms with Gasteiger partial charge in [-0.25, -0.2) is 15.0 Å². The molecule has 2 aromatic heterocycles. The maximum absolute atomic E-state index is 4.52. The lowest BCUT2D eigenvalue weighted by Crippen LogP contribution is -2.07. The van der Waals surface area contributed by atoms with Crippen LogP contribution >= 0.6 is 0 Å². The highest BCUT2D eigenvalue weighted by Gasteiger charge is 2.15. The molecule has 2 aromatic rings. The molecule has 0 bridgehead atoms. The first-order valence-electron chi connectivity index (χ1n) is 5.96. The molecule has 0 radical (unpaired) electrons. The summed E-state index contributed by atoms with van der Waals surface area (Å²) in [6.45, 7) is 6.26. The maximum atomic E-state index is 4.52. The van der Waals surface area contributed by atoms with E-state index in [1.165, 1.54) is 0 Å². The van der Waals surface area contributed by atoms with Crippen molar-refractivity contribution >= 4 is 5.82 Å². The number of aromatic nitrogens is 4. The van der Waals surface area contributed by atoms with Gasteiger partial charge < -0.3 is 5.32 Å². The number of nitrogens with zero attached hydrogens (tertiary/aromatic N) is 4. The molecule has 18 heavy (non-hydrogen) atoms. The number of aryl methyl sites for hydroxylation is 1. The van der Waals surface area contributed by atoms with Gasteiger partial charge in [0.25, 0.3) is 0 Å². The molecule has 2 rings (SSSR count). The second kappa shape index (κ2) is 5.08. The first-order chi connectivity index (χ1) is 8.63. The van der Waals surface area contributed by atoms with Gasteiger partial charge in [0.1, 0.15) is 11.5 Å². The fraction of sp³-hybridized carbons (Fsp3) is 0.385. The summed E-state index contributed by atoms with van der Waals surface area (Å²) in [5.74, 6) is 1.84. The molecule has 0 saturated carbocycles. The van der Waals surface area contributed by atoms with Crippen molar-refractivity contribution in [1.82, 2.24) is 19.9 Å². The van der Waals surface area contributed by atoms with Crippen molar-refractivity contribution in [2.45, 2.75) is 26.7 Å². The van der Waals surface area contributed by atoms with E-state index < -0.39 is 0 Å². The molecule has 0 spiro atoms. The molecule has 0 atom stereocenters. The van der Waals surface area contributed by atoms with Gasteiger partial charge in [0.05, 0.1) is 6.20 Å². The van der Waals surface area contributed by atoms with Crippen LogP contribution in [-0.2, 0) is 0 Å². The molecule has 0 saturated heterocycles. The minimum Gasteiger partial charge on any atom is -0.373 e. The van der Waals surface area contributed by atoms with Crippen molar-refractivity contribution in [3.63, 3.8) is 0 Å². The highest BCUT2D eigenvalue weighted by atomic mass is 15.0. The molecule has 0 aromatic carbocycles. The highest BCUT2D eigenvalue weighted by molar-refractivity contribution is 5.56. The zero-order valence-corrected chi connectivity index (χ0v) is 11.1. The Bertz CT molecular complexity index is 537. The molecule has 5 nitrogen and oxygen atoms in total. The van der Waals surface area contributed by atoms with Gasteiger partial charge in [-0.3, -0.25) is 4.98 Å². The second-order valence-electron chi connectivity index (χ2n) is 4.39. The summed E-state index contributed by atoms with van der Waals surface area (Å²) in [6.07, 6.45) is 4.95. The van der Waals surface area contributed by atoms with Crippen molar-refractivity contribution in [3.8, 4) is 11.5 Å². The van der Waals surface area contributed by atoms with Gasteiger partial charge in [0, 0.05) is 30.7 Å². The zero-order valence-electron chi connectivity index (χ0n) is 11.1. The number of rotatable bonds is 3. The number of hydrogen-bond donors (Lipinski definition) is 1. The lowest BCUT2D eigenvalue weighted by molar-refractivity contribution is 0.832. The van der Waals surface area contributed by atoms with E-state index in [2.05, 4.69) is 39.1 Å². The van der Waals surface area contributed by atoms with Gasteiger partial charge in [-0.15, -0.1) is 0 Å². The van der Waals surface area contributed by atoms with Gasteiger partial charge in [-0.2, -0.15) is 0 Å². The van der Waals surface area contributed by atoms with E-state index in [4.69, 9.17) is 0 Å². The number of nitrogens with one attached hydrogen (secondary N) is 1. The van der Waals surface area contributed by atoms with Crippen molar-refractivity contribution in [2.75, 3.05) is 12.4 Å². The Morgan fingerprint density at radius 1 is 1.17 bits per heavy atom. The normalized spacial score (nSPS) is 10.7. The van der Waals surface area contributed by atoms with Crippen LogP contribution in [0.1, 0.15) is 31.0 Å². The average Bonchev–Trinajstić information content (AvgIpc) is 2.38. The summed E-state index contributed by atoms with van der Waals surface area (Å²) in [5.41, 5.74) is 2.81. The molecule has 0 aliphatic carbocycles. The molecule has 0 unspecified atom stereocenters. The molecule has 0 aliphatic heterocycles. The summed E-state index contributed by atoms with van der Waals surface area (Å²) >= 11 is 0. The topological polar surface area (TPSA) is 63.6 Å². The van der Waals surface area contributed by atoms with Crippen LogP contribution < -0.4 is 5.32 Å². The Morgan fingerprint density at radius 2 is 1.94 bits per heavy atom. The third-order valence-corrected chi connectivity index (χ3v) is 2.74. The molecular formula is C13H17N5. The van der Waals surface area contributed by atoms with E-state index in [1.54, 1.807) is 18.6 Å².